The van der Waals surface area contributed by atoms with Crippen LogP contribution in [0.5, 0.6) is 5.88 Å². The maximum absolute atomic E-state index is 5.52. The lowest BCUT2D eigenvalue weighted by atomic mass is 9.89. The number of ether oxygens (including phenoxy) is 2. The molecule has 0 spiro atoms. The van der Waals surface area contributed by atoms with Gasteiger partial charge in [0.1, 0.15) is 11.6 Å². The molecule has 1 fully saturated rings. The second-order valence-electron chi connectivity index (χ2n) is 4.23. The van der Waals surface area contributed by atoms with Gasteiger partial charge in [-0.3, -0.25) is 0 Å². The molecule has 0 amide bonds. The van der Waals surface area contributed by atoms with E-state index in [1.54, 1.807) is 7.11 Å². The van der Waals surface area contributed by atoms with Gasteiger partial charge in [-0.1, -0.05) is 0 Å². The maximum atomic E-state index is 5.52. The van der Waals surface area contributed by atoms with Crippen LogP contribution >= 0.6 is 0 Å². The Morgan fingerprint density at radius 3 is 2.82 bits per heavy atom. The van der Waals surface area contributed by atoms with Gasteiger partial charge in [0.25, 0.3) is 0 Å². The largest absolute Gasteiger partial charge is 0.481 e. The summed E-state index contributed by atoms with van der Waals surface area (Å²) in [6.45, 7) is 4.68. The number of hydrogen-bond acceptors (Lipinski definition) is 5. The van der Waals surface area contributed by atoms with Crippen molar-refractivity contribution in [2.24, 2.45) is 0 Å². The van der Waals surface area contributed by atoms with E-state index in [4.69, 9.17) is 9.47 Å². The summed E-state index contributed by atoms with van der Waals surface area (Å²) in [5.41, 5.74) is 0. The van der Waals surface area contributed by atoms with Crippen LogP contribution in [0.1, 0.15) is 25.6 Å². The number of hydrogen-bond donors (Lipinski definition) is 1. The van der Waals surface area contributed by atoms with Crippen LogP contribution in [0.4, 0.5) is 5.82 Å². The summed E-state index contributed by atoms with van der Waals surface area (Å²) in [5.74, 6) is 2.14. The van der Waals surface area contributed by atoms with Crippen LogP contribution in [0, 0.1) is 6.92 Å². The molecule has 0 unspecified atom stereocenters. The Morgan fingerprint density at radius 1 is 1.41 bits per heavy atom. The molecule has 5 heteroatoms. The Labute approximate surface area is 102 Å². The highest BCUT2D eigenvalue weighted by molar-refractivity contribution is 5.40. The second-order valence-corrected chi connectivity index (χ2v) is 4.23. The van der Waals surface area contributed by atoms with Crippen molar-refractivity contribution in [3.63, 3.8) is 0 Å². The molecule has 0 radical (unpaired) electrons. The SMILES string of the molecule is CCOC1CC(Nc2cc(OC)nc(C)n2)C1. The normalized spacial score (nSPS) is 23.0. The summed E-state index contributed by atoms with van der Waals surface area (Å²) >= 11 is 0. The summed E-state index contributed by atoms with van der Waals surface area (Å²) in [6, 6.07) is 2.27. The highest BCUT2D eigenvalue weighted by atomic mass is 16.5. The van der Waals surface area contributed by atoms with E-state index in [0.717, 1.165) is 25.3 Å². The predicted octanol–water partition coefficient (Wildman–Crippen LogP) is 1.77. The topological polar surface area (TPSA) is 56.3 Å². The van der Waals surface area contributed by atoms with E-state index in [9.17, 15) is 0 Å². The summed E-state index contributed by atoms with van der Waals surface area (Å²) in [6.07, 6.45) is 2.49. The van der Waals surface area contributed by atoms with Crippen molar-refractivity contribution in [1.29, 1.82) is 0 Å². The van der Waals surface area contributed by atoms with Crippen molar-refractivity contribution in [3.05, 3.63) is 11.9 Å². The van der Waals surface area contributed by atoms with Crippen molar-refractivity contribution in [2.45, 2.75) is 38.8 Å². The molecule has 17 heavy (non-hydrogen) atoms. The number of nitrogens with one attached hydrogen (secondary N) is 1. The van der Waals surface area contributed by atoms with Gasteiger partial charge in [-0.15, -0.1) is 0 Å². The van der Waals surface area contributed by atoms with Crippen molar-refractivity contribution >= 4 is 5.82 Å². The van der Waals surface area contributed by atoms with E-state index >= 15 is 0 Å². The fraction of sp³-hybridized carbons (Fsp3) is 0.667. The fourth-order valence-corrected chi connectivity index (χ4v) is 1.98. The van der Waals surface area contributed by atoms with Crippen molar-refractivity contribution in [3.8, 4) is 5.88 Å². The van der Waals surface area contributed by atoms with Crippen molar-refractivity contribution in [2.75, 3.05) is 19.0 Å². The zero-order chi connectivity index (χ0) is 12.3. The van der Waals surface area contributed by atoms with Crippen LogP contribution in [0.2, 0.25) is 0 Å². The highest BCUT2D eigenvalue weighted by Crippen LogP contribution is 2.26. The molecule has 1 saturated carbocycles. The average Bonchev–Trinajstić information content (AvgIpc) is 2.25. The quantitative estimate of drug-likeness (QED) is 0.845. The van der Waals surface area contributed by atoms with Crippen LogP contribution in [0.25, 0.3) is 0 Å². The molecule has 2 rings (SSSR count). The molecule has 0 atom stereocenters. The van der Waals surface area contributed by atoms with E-state index in [-0.39, 0.29) is 0 Å². The molecule has 0 bridgehead atoms. The minimum Gasteiger partial charge on any atom is -0.481 e. The smallest absolute Gasteiger partial charge is 0.218 e. The van der Waals surface area contributed by atoms with Crippen molar-refractivity contribution in [1.82, 2.24) is 9.97 Å². The molecule has 1 N–H and O–H groups in total. The lowest BCUT2D eigenvalue weighted by Gasteiger charge is -2.35. The van der Waals surface area contributed by atoms with Gasteiger partial charge >= 0.3 is 0 Å². The first kappa shape index (κ1) is 12.1. The van der Waals surface area contributed by atoms with Crippen LogP contribution < -0.4 is 10.1 Å². The molecule has 1 aliphatic rings. The molecular formula is C12H19N3O2. The van der Waals surface area contributed by atoms with Gasteiger partial charge in [0.2, 0.25) is 5.88 Å². The number of anilines is 1. The van der Waals surface area contributed by atoms with Crippen LogP contribution in [-0.4, -0.2) is 35.8 Å². The molecular weight excluding hydrogens is 218 g/mol. The van der Waals surface area contributed by atoms with Crippen LogP contribution in [-0.2, 0) is 4.74 Å². The molecule has 0 aromatic carbocycles. The Bertz CT molecular complexity index is 378. The standard InChI is InChI=1S/C12H19N3O2/c1-4-17-10-5-9(6-10)15-11-7-12(16-3)14-8(2)13-11/h7,9-10H,4-6H2,1-3H3,(H,13,14,15). The first-order chi connectivity index (χ1) is 8.21. The number of aryl methyl sites for hydroxylation is 1. The van der Waals surface area contributed by atoms with Gasteiger partial charge < -0.3 is 14.8 Å². The zero-order valence-corrected chi connectivity index (χ0v) is 10.6. The second kappa shape index (κ2) is 5.31. The Balaban J connectivity index is 1.89. The Morgan fingerprint density at radius 2 is 2.18 bits per heavy atom. The van der Waals surface area contributed by atoms with E-state index in [1.807, 2.05) is 19.9 Å². The average molecular weight is 237 g/mol. The molecule has 0 aliphatic heterocycles. The van der Waals surface area contributed by atoms with E-state index in [2.05, 4.69) is 15.3 Å². The predicted molar refractivity (Wildman–Crippen MR) is 65.4 cm³/mol. The molecule has 1 aromatic heterocycles. The summed E-state index contributed by atoms with van der Waals surface area (Å²) in [5, 5.41) is 3.37. The summed E-state index contributed by atoms with van der Waals surface area (Å²) < 4.78 is 10.6. The lowest BCUT2D eigenvalue weighted by Crippen LogP contribution is -2.41. The number of nitrogens with zero attached hydrogens (tertiary/aromatic N) is 2. The third-order valence-corrected chi connectivity index (χ3v) is 2.87. The molecule has 1 heterocycles. The van der Waals surface area contributed by atoms with Gasteiger partial charge in [0, 0.05) is 18.7 Å². The number of rotatable bonds is 5. The third-order valence-electron chi connectivity index (χ3n) is 2.87. The third kappa shape index (κ3) is 3.06. The Hall–Kier alpha value is -1.36. The van der Waals surface area contributed by atoms with Gasteiger partial charge in [0.05, 0.1) is 13.2 Å². The van der Waals surface area contributed by atoms with Crippen molar-refractivity contribution < 1.29 is 9.47 Å². The van der Waals surface area contributed by atoms with Gasteiger partial charge in [-0.2, -0.15) is 4.98 Å². The fourth-order valence-electron chi connectivity index (χ4n) is 1.98. The molecule has 94 valence electrons. The summed E-state index contributed by atoms with van der Waals surface area (Å²) in [7, 11) is 1.61. The van der Waals surface area contributed by atoms with Crippen LogP contribution in [0.3, 0.4) is 0 Å². The molecule has 5 nitrogen and oxygen atoms in total. The Kier molecular flexibility index (Phi) is 3.78. The maximum Gasteiger partial charge on any atom is 0.218 e. The first-order valence-corrected chi connectivity index (χ1v) is 5.99. The van der Waals surface area contributed by atoms with E-state index < -0.39 is 0 Å². The van der Waals surface area contributed by atoms with Gasteiger partial charge in [-0.25, -0.2) is 4.98 Å². The number of aromatic nitrogens is 2. The van der Waals surface area contributed by atoms with Gasteiger partial charge in [-0.05, 0) is 26.7 Å². The van der Waals surface area contributed by atoms with Gasteiger partial charge in [0.15, 0.2) is 0 Å². The lowest BCUT2D eigenvalue weighted by molar-refractivity contribution is 0.00292. The van der Waals surface area contributed by atoms with Crippen LogP contribution in [0.15, 0.2) is 6.07 Å². The first-order valence-electron chi connectivity index (χ1n) is 5.99. The van der Waals surface area contributed by atoms with E-state index in [0.29, 0.717) is 23.9 Å². The number of methoxy groups -OCH3 is 1. The zero-order valence-electron chi connectivity index (χ0n) is 10.6. The molecule has 1 aromatic rings. The summed E-state index contributed by atoms with van der Waals surface area (Å²) in [4.78, 5) is 8.48. The molecule has 1 aliphatic carbocycles. The van der Waals surface area contributed by atoms with E-state index in [1.165, 1.54) is 0 Å². The highest BCUT2D eigenvalue weighted by Gasteiger charge is 2.29. The minimum atomic E-state index is 0.405. The minimum absolute atomic E-state index is 0.405. The molecule has 0 saturated heterocycles. The monoisotopic (exact) mass is 237 g/mol.